The average Bonchev–Trinajstić information content (AvgIpc) is 3.61. The number of rotatable bonds is 8. The highest BCUT2D eigenvalue weighted by molar-refractivity contribution is 6.05. The van der Waals surface area contributed by atoms with E-state index in [9.17, 15) is 18.0 Å². The molecule has 1 fully saturated rings. The van der Waals surface area contributed by atoms with Crippen LogP contribution in [0.2, 0.25) is 0 Å². The molecule has 5 heterocycles. The van der Waals surface area contributed by atoms with Crippen molar-refractivity contribution in [2.75, 3.05) is 41.8 Å². The molecule has 3 aromatic heterocycles. The topological polar surface area (TPSA) is 115 Å². The van der Waals surface area contributed by atoms with Gasteiger partial charge in [0.25, 0.3) is 0 Å². The van der Waals surface area contributed by atoms with Crippen molar-refractivity contribution in [3.05, 3.63) is 89.3 Å². The molecule has 1 saturated heterocycles. The van der Waals surface area contributed by atoms with Gasteiger partial charge in [-0.15, -0.1) is 13.2 Å². The molecule has 3 aliphatic rings. The van der Waals surface area contributed by atoms with E-state index in [0.29, 0.717) is 58.9 Å². The third kappa shape index (κ3) is 6.93. The lowest BCUT2D eigenvalue weighted by Gasteiger charge is -2.35. The number of anilines is 4. The summed E-state index contributed by atoms with van der Waals surface area (Å²) in [7, 11) is 1.68. The summed E-state index contributed by atoms with van der Waals surface area (Å²) in [5.41, 5.74) is 5.66. The Morgan fingerprint density at radius 2 is 1.88 bits per heavy atom. The third-order valence-electron chi connectivity index (χ3n) is 9.53. The number of pyridine rings is 1. The summed E-state index contributed by atoms with van der Waals surface area (Å²) < 4.78 is 43.4. The molecule has 2 N–H and O–H groups in total. The number of hydrogen-bond donors (Lipinski definition) is 2. The quantitative estimate of drug-likeness (QED) is 0.194. The van der Waals surface area contributed by atoms with Crippen molar-refractivity contribution in [3.63, 3.8) is 0 Å². The van der Waals surface area contributed by atoms with E-state index in [4.69, 9.17) is 4.98 Å². The van der Waals surface area contributed by atoms with Crippen molar-refractivity contribution in [2.45, 2.75) is 58.4 Å². The van der Waals surface area contributed by atoms with Crippen molar-refractivity contribution < 1.29 is 22.7 Å². The van der Waals surface area contributed by atoms with Gasteiger partial charge in [-0.05, 0) is 82.1 Å². The van der Waals surface area contributed by atoms with Gasteiger partial charge in [0.15, 0.2) is 0 Å². The summed E-state index contributed by atoms with van der Waals surface area (Å²) in [5, 5.41) is 3.23. The Bertz CT molecular complexity index is 1950. The van der Waals surface area contributed by atoms with Gasteiger partial charge in [-0.2, -0.15) is 4.98 Å². The van der Waals surface area contributed by atoms with Crippen molar-refractivity contribution in [3.8, 4) is 11.4 Å². The zero-order valence-electron chi connectivity index (χ0n) is 28.1. The lowest BCUT2D eigenvalue weighted by Crippen LogP contribution is -2.46. The third-order valence-corrected chi connectivity index (χ3v) is 9.53. The molecule has 260 valence electrons. The fraction of sp³-hybridized carbons (Fsp3) is 0.361. The predicted molar refractivity (Wildman–Crippen MR) is 185 cm³/mol. The molecule has 14 heteroatoms. The Morgan fingerprint density at radius 1 is 1.06 bits per heavy atom. The summed E-state index contributed by atoms with van der Waals surface area (Å²) in [5.74, 6) is 1.53. The molecule has 2 aliphatic heterocycles. The Labute approximate surface area is 287 Å². The maximum Gasteiger partial charge on any atom is 0.573 e. The van der Waals surface area contributed by atoms with E-state index in [2.05, 4.69) is 47.9 Å². The average molecular weight is 686 g/mol. The zero-order chi connectivity index (χ0) is 35.0. The Hall–Kier alpha value is -5.24. The van der Waals surface area contributed by atoms with Crippen molar-refractivity contribution in [1.82, 2.24) is 29.8 Å². The van der Waals surface area contributed by atoms with Crippen LogP contribution in [0.5, 0.6) is 0 Å². The Morgan fingerprint density at radius 3 is 2.62 bits per heavy atom. The standard InChI is InChI=1S/C36H38F3N9O2/c1-4-47-15-13-23(14-16-47)28-12-11-26(19-40-28)43-34-42-18-25-21-48(35(49)46(3)33(25)45-34)30-17-24(10-9-22(30)2)32-41-20-29(44-32)27-7-5-6-8-31(27)50-36(37,38)39/h6,8-12,17-20,23H,4-5,7,13-16,21H2,1-3H3,(H,41,44)(H,42,43,45). The van der Waals surface area contributed by atoms with E-state index >= 15 is 0 Å². The fourth-order valence-corrected chi connectivity index (χ4v) is 6.75. The van der Waals surface area contributed by atoms with E-state index in [-0.39, 0.29) is 18.3 Å². The minimum Gasteiger partial charge on any atom is -0.405 e. The number of H-pyrrole nitrogens is 1. The number of likely N-dealkylation sites (tertiary alicyclic amines) is 1. The highest BCUT2D eigenvalue weighted by atomic mass is 19.4. The maximum absolute atomic E-state index is 13.8. The highest BCUT2D eigenvalue weighted by Gasteiger charge is 2.34. The monoisotopic (exact) mass is 685 g/mol. The lowest BCUT2D eigenvalue weighted by molar-refractivity contribution is -0.303. The number of amides is 2. The highest BCUT2D eigenvalue weighted by Crippen LogP contribution is 2.36. The summed E-state index contributed by atoms with van der Waals surface area (Å²) in [6.45, 7) is 7.62. The lowest BCUT2D eigenvalue weighted by atomic mass is 9.93. The first-order valence-electron chi connectivity index (χ1n) is 16.7. The molecule has 11 nitrogen and oxygen atoms in total. The summed E-state index contributed by atoms with van der Waals surface area (Å²) >= 11 is 0. The number of carbonyl (C=O) groups excluding carboxylic acids is 1. The van der Waals surface area contributed by atoms with Crippen LogP contribution in [0.15, 0.2) is 66.8 Å². The van der Waals surface area contributed by atoms with E-state index in [1.54, 1.807) is 30.4 Å². The molecule has 7 rings (SSSR count). The van der Waals surface area contributed by atoms with Crippen LogP contribution >= 0.6 is 0 Å². The SMILES string of the molecule is CCN1CCC(c2ccc(Nc3ncc4c(n3)N(C)C(=O)N(c3cc(-c5ncc(C6=C(OC(F)(F)F)C=CCC6)[nH]5)ccc3C)C4)cn2)CC1. The minimum atomic E-state index is -4.80. The first-order valence-corrected chi connectivity index (χ1v) is 16.7. The van der Waals surface area contributed by atoms with Crippen molar-refractivity contribution in [2.24, 2.45) is 0 Å². The number of hydrogen-bond acceptors (Lipinski definition) is 8. The molecular formula is C36H38F3N9O2. The smallest absolute Gasteiger partial charge is 0.405 e. The van der Waals surface area contributed by atoms with E-state index in [1.165, 1.54) is 17.2 Å². The molecule has 1 aliphatic carbocycles. The number of halogens is 3. The fourth-order valence-electron chi connectivity index (χ4n) is 6.75. The second-order valence-corrected chi connectivity index (χ2v) is 12.8. The predicted octanol–water partition coefficient (Wildman–Crippen LogP) is 7.69. The van der Waals surface area contributed by atoms with E-state index < -0.39 is 6.36 Å². The van der Waals surface area contributed by atoms with Crippen LogP contribution in [-0.4, -0.2) is 68.9 Å². The number of nitrogens with zero attached hydrogens (tertiary/aromatic N) is 7. The molecule has 0 atom stereocenters. The number of imidazole rings is 1. The molecule has 50 heavy (non-hydrogen) atoms. The second-order valence-electron chi connectivity index (χ2n) is 12.8. The number of nitrogens with one attached hydrogen (secondary N) is 2. The van der Waals surface area contributed by atoms with Crippen LogP contribution in [0.25, 0.3) is 17.0 Å². The minimum absolute atomic E-state index is 0.247. The summed E-state index contributed by atoms with van der Waals surface area (Å²) in [6, 6.07) is 9.36. The number of piperidine rings is 1. The van der Waals surface area contributed by atoms with Gasteiger partial charge in [-0.3, -0.25) is 14.8 Å². The number of fused-ring (bicyclic) bond motifs is 1. The normalized spacial score (nSPS) is 17.4. The summed E-state index contributed by atoms with van der Waals surface area (Å²) in [4.78, 5) is 40.9. The number of alkyl halides is 3. The Balaban J connectivity index is 1.08. The number of aromatic nitrogens is 5. The molecule has 0 radical (unpaired) electrons. The second kappa shape index (κ2) is 13.6. The van der Waals surface area contributed by atoms with Gasteiger partial charge >= 0.3 is 12.4 Å². The largest absolute Gasteiger partial charge is 0.573 e. The van der Waals surface area contributed by atoms with Crippen LogP contribution in [-0.2, 0) is 11.3 Å². The van der Waals surface area contributed by atoms with Crippen LogP contribution in [0.1, 0.15) is 61.0 Å². The molecule has 0 spiro atoms. The number of aryl methyl sites for hydroxylation is 1. The number of allylic oxidation sites excluding steroid dienone is 3. The molecule has 2 amide bonds. The van der Waals surface area contributed by atoms with Crippen molar-refractivity contribution >= 4 is 34.7 Å². The molecule has 4 aromatic rings. The van der Waals surface area contributed by atoms with E-state index in [0.717, 1.165) is 55.0 Å². The number of carbonyl (C=O) groups is 1. The number of aromatic amines is 1. The summed E-state index contributed by atoms with van der Waals surface area (Å²) in [6.07, 6.45) is 6.37. The van der Waals surface area contributed by atoms with E-state index in [1.807, 2.05) is 31.2 Å². The van der Waals surface area contributed by atoms with Gasteiger partial charge < -0.3 is 19.9 Å². The van der Waals surface area contributed by atoms with Gasteiger partial charge in [-0.1, -0.05) is 25.1 Å². The molecular weight excluding hydrogens is 647 g/mol. The van der Waals surface area contributed by atoms with Crippen LogP contribution in [0, 0.1) is 6.92 Å². The first kappa shape index (κ1) is 33.3. The number of benzene rings is 1. The molecule has 1 aromatic carbocycles. The first-order chi connectivity index (χ1) is 24.1. The van der Waals surface area contributed by atoms with Crippen LogP contribution in [0.3, 0.4) is 0 Å². The number of urea groups is 1. The van der Waals surface area contributed by atoms with Crippen molar-refractivity contribution in [1.29, 1.82) is 0 Å². The number of ether oxygens (including phenoxy) is 1. The molecule has 0 bridgehead atoms. The molecule has 0 unspecified atom stereocenters. The van der Waals surface area contributed by atoms with Gasteiger partial charge in [-0.25, -0.2) is 14.8 Å². The zero-order valence-corrected chi connectivity index (χ0v) is 28.1. The van der Waals surface area contributed by atoms with Gasteiger partial charge in [0.05, 0.1) is 30.3 Å². The maximum atomic E-state index is 13.8. The van der Waals surface area contributed by atoms with Gasteiger partial charge in [0, 0.05) is 47.2 Å². The van der Waals surface area contributed by atoms with Crippen LogP contribution in [0.4, 0.5) is 41.1 Å². The molecule has 0 saturated carbocycles. The Kier molecular flexibility index (Phi) is 9.03. The van der Waals surface area contributed by atoms with Gasteiger partial charge in [0.2, 0.25) is 5.95 Å². The van der Waals surface area contributed by atoms with Gasteiger partial charge in [0.1, 0.15) is 17.4 Å². The van der Waals surface area contributed by atoms with Crippen LogP contribution < -0.4 is 15.1 Å².